The SMILES string of the molecule is CCCCCCCC/C=C\CCCCCCCC(=O)OC(C)CCOC(=O)CCCCCCCCCCCCCCC. The van der Waals surface area contributed by atoms with Crippen LogP contribution in [0.1, 0.15) is 207 Å². The Balaban J connectivity index is 3.43. The van der Waals surface area contributed by atoms with Crippen molar-refractivity contribution < 1.29 is 19.1 Å². The van der Waals surface area contributed by atoms with E-state index in [0.29, 0.717) is 25.9 Å². The van der Waals surface area contributed by atoms with Gasteiger partial charge in [-0.05, 0) is 45.4 Å². The Hall–Kier alpha value is -1.32. The van der Waals surface area contributed by atoms with E-state index in [-0.39, 0.29) is 18.0 Å². The zero-order valence-corrected chi connectivity index (χ0v) is 28.6. The number of hydrogen-bond acceptors (Lipinski definition) is 4. The average Bonchev–Trinajstić information content (AvgIpc) is 2.97. The lowest BCUT2D eigenvalue weighted by Crippen LogP contribution is -2.18. The summed E-state index contributed by atoms with van der Waals surface area (Å²) in [5.41, 5.74) is 0. The van der Waals surface area contributed by atoms with E-state index in [4.69, 9.17) is 9.47 Å². The molecule has 4 nitrogen and oxygen atoms in total. The fraction of sp³-hybridized carbons (Fsp3) is 0.895. The maximum atomic E-state index is 12.1. The summed E-state index contributed by atoms with van der Waals surface area (Å²) in [6.45, 7) is 6.76. The maximum Gasteiger partial charge on any atom is 0.306 e. The highest BCUT2D eigenvalue weighted by Gasteiger charge is 2.11. The Bertz CT molecular complexity index is 600. The average molecular weight is 593 g/mol. The van der Waals surface area contributed by atoms with Crippen molar-refractivity contribution in [1.82, 2.24) is 0 Å². The third kappa shape index (κ3) is 33.2. The van der Waals surface area contributed by atoms with E-state index in [9.17, 15) is 9.59 Å². The topological polar surface area (TPSA) is 52.6 Å². The van der Waals surface area contributed by atoms with E-state index in [1.807, 2.05) is 6.92 Å². The van der Waals surface area contributed by atoms with Gasteiger partial charge in [-0.1, -0.05) is 154 Å². The lowest BCUT2D eigenvalue weighted by atomic mass is 10.0. The van der Waals surface area contributed by atoms with Gasteiger partial charge in [-0.3, -0.25) is 9.59 Å². The smallest absolute Gasteiger partial charge is 0.306 e. The molecule has 1 atom stereocenters. The summed E-state index contributed by atoms with van der Waals surface area (Å²) >= 11 is 0. The quantitative estimate of drug-likeness (QED) is 0.0432. The van der Waals surface area contributed by atoms with Crippen molar-refractivity contribution in [3.63, 3.8) is 0 Å². The molecule has 0 rings (SSSR count). The molecule has 0 spiro atoms. The molecule has 0 aliphatic carbocycles. The molecule has 4 heteroatoms. The first-order chi connectivity index (χ1) is 20.6. The molecule has 0 radical (unpaired) electrons. The first-order valence-electron chi connectivity index (χ1n) is 18.6. The number of unbranched alkanes of at least 4 members (excludes halogenated alkanes) is 23. The molecule has 248 valence electrons. The molecule has 0 bridgehead atoms. The lowest BCUT2D eigenvalue weighted by Gasteiger charge is -2.13. The Kier molecular flexibility index (Phi) is 33.1. The van der Waals surface area contributed by atoms with Crippen LogP contribution in [0.5, 0.6) is 0 Å². The number of carbonyl (C=O) groups is 2. The molecule has 0 aromatic rings. The molecular formula is C38H72O4. The van der Waals surface area contributed by atoms with Crippen LogP contribution in [0.3, 0.4) is 0 Å². The van der Waals surface area contributed by atoms with Crippen LogP contribution in [0.15, 0.2) is 12.2 Å². The van der Waals surface area contributed by atoms with Crippen LogP contribution in [0.25, 0.3) is 0 Å². The number of hydrogen-bond donors (Lipinski definition) is 0. The van der Waals surface area contributed by atoms with Crippen molar-refractivity contribution in [1.29, 1.82) is 0 Å². The molecule has 0 N–H and O–H groups in total. The van der Waals surface area contributed by atoms with Gasteiger partial charge in [0, 0.05) is 19.3 Å². The Morgan fingerprint density at radius 1 is 0.500 bits per heavy atom. The Morgan fingerprint density at radius 2 is 0.857 bits per heavy atom. The van der Waals surface area contributed by atoms with Crippen molar-refractivity contribution >= 4 is 11.9 Å². The van der Waals surface area contributed by atoms with Crippen LogP contribution in [0.2, 0.25) is 0 Å². The number of esters is 2. The molecule has 0 heterocycles. The van der Waals surface area contributed by atoms with Gasteiger partial charge in [-0.15, -0.1) is 0 Å². The van der Waals surface area contributed by atoms with E-state index in [2.05, 4.69) is 26.0 Å². The van der Waals surface area contributed by atoms with Crippen molar-refractivity contribution in [3.05, 3.63) is 12.2 Å². The van der Waals surface area contributed by atoms with Crippen molar-refractivity contribution in [2.24, 2.45) is 0 Å². The van der Waals surface area contributed by atoms with Gasteiger partial charge in [0.25, 0.3) is 0 Å². The van der Waals surface area contributed by atoms with Gasteiger partial charge in [-0.2, -0.15) is 0 Å². The molecule has 42 heavy (non-hydrogen) atoms. The minimum absolute atomic E-state index is 0.120. The standard InChI is InChI=1S/C38H72O4/c1-4-6-8-10-12-14-16-18-19-21-23-25-27-29-31-33-38(40)42-36(3)34-35-41-37(39)32-30-28-26-24-22-20-17-15-13-11-9-7-5-2/h18-19,36H,4-17,20-35H2,1-3H3/b19-18-. The zero-order chi connectivity index (χ0) is 30.8. The highest BCUT2D eigenvalue weighted by atomic mass is 16.6. The largest absolute Gasteiger partial charge is 0.466 e. The summed E-state index contributed by atoms with van der Waals surface area (Å²) in [7, 11) is 0. The number of allylic oxidation sites excluding steroid dienone is 2. The minimum Gasteiger partial charge on any atom is -0.466 e. The lowest BCUT2D eigenvalue weighted by molar-refractivity contribution is -0.150. The summed E-state index contributed by atoms with van der Waals surface area (Å²) in [4.78, 5) is 24.1. The fourth-order valence-corrected chi connectivity index (χ4v) is 5.38. The monoisotopic (exact) mass is 593 g/mol. The third-order valence-electron chi connectivity index (χ3n) is 8.25. The normalized spacial score (nSPS) is 12.2. The summed E-state index contributed by atoms with van der Waals surface area (Å²) < 4.78 is 10.9. The second-order valence-electron chi connectivity index (χ2n) is 12.6. The predicted molar refractivity (Wildman–Crippen MR) is 181 cm³/mol. The van der Waals surface area contributed by atoms with E-state index >= 15 is 0 Å². The predicted octanol–water partition coefficient (Wildman–Crippen LogP) is 12.4. The number of carbonyl (C=O) groups excluding carboxylic acids is 2. The Morgan fingerprint density at radius 3 is 1.29 bits per heavy atom. The molecule has 0 aliphatic heterocycles. The van der Waals surface area contributed by atoms with Gasteiger partial charge in [-0.25, -0.2) is 0 Å². The third-order valence-corrected chi connectivity index (χ3v) is 8.25. The molecule has 0 aromatic carbocycles. The van der Waals surface area contributed by atoms with Crippen LogP contribution >= 0.6 is 0 Å². The molecule has 0 saturated carbocycles. The van der Waals surface area contributed by atoms with E-state index in [1.165, 1.54) is 141 Å². The summed E-state index contributed by atoms with van der Waals surface area (Å²) in [6, 6.07) is 0. The molecule has 0 aliphatic rings. The fourth-order valence-electron chi connectivity index (χ4n) is 5.38. The van der Waals surface area contributed by atoms with E-state index in [0.717, 1.165) is 25.7 Å². The zero-order valence-electron chi connectivity index (χ0n) is 28.6. The first-order valence-corrected chi connectivity index (χ1v) is 18.6. The van der Waals surface area contributed by atoms with Crippen molar-refractivity contribution in [3.8, 4) is 0 Å². The molecule has 0 aromatic heterocycles. The van der Waals surface area contributed by atoms with Crippen LogP contribution in [0.4, 0.5) is 0 Å². The van der Waals surface area contributed by atoms with Crippen LogP contribution < -0.4 is 0 Å². The Labute approximate surface area is 262 Å². The summed E-state index contributed by atoms with van der Waals surface area (Å²) in [6.07, 6.45) is 39.2. The number of ether oxygens (including phenoxy) is 2. The van der Waals surface area contributed by atoms with Crippen molar-refractivity contribution in [2.45, 2.75) is 213 Å². The maximum absolute atomic E-state index is 12.1. The molecular weight excluding hydrogens is 520 g/mol. The first kappa shape index (κ1) is 40.7. The highest BCUT2D eigenvalue weighted by molar-refractivity contribution is 5.69. The van der Waals surface area contributed by atoms with Gasteiger partial charge in [0.1, 0.15) is 6.10 Å². The summed E-state index contributed by atoms with van der Waals surface area (Å²) in [5, 5.41) is 0. The van der Waals surface area contributed by atoms with E-state index in [1.54, 1.807) is 0 Å². The van der Waals surface area contributed by atoms with Gasteiger partial charge in [0.05, 0.1) is 6.61 Å². The molecule has 1 unspecified atom stereocenters. The second-order valence-corrected chi connectivity index (χ2v) is 12.6. The van der Waals surface area contributed by atoms with Crippen molar-refractivity contribution in [2.75, 3.05) is 6.61 Å². The van der Waals surface area contributed by atoms with Crippen LogP contribution in [-0.4, -0.2) is 24.6 Å². The van der Waals surface area contributed by atoms with E-state index < -0.39 is 0 Å². The molecule has 0 fully saturated rings. The molecule has 0 amide bonds. The van der Waals surface area contributed by atoms with Crippen LogP contribution in [0, 0.1) is 0 Å². The van der Waals surface area contributed by atoms with Crippen LogP contribution in [-0.2, 0) is 19.1 Å². The second kappa shape index (κ2) is 34.2. The highest BCUT2D eigenvalue weighted by Crippen LogP contribution is 2.14. The van der Waals surface area contributed by atoms with Gasteiger partial charge in [0.15, 0.2) is 0 Å². The van der Waals surface area contributed by atoms with Gasteiger partial charge in [0.2, 0.25) is 0 Å². The molecule has 0 saturated heterocycles. The number of rotatable bonds is 33. The summed E-state index contributed by atoms with van der Waals surface area (Å²) in [5.74, 6) is -0.247. The van der Waals surface area contributed by atoms with Gasteiger partial charge < -0.3 is 9.47 Å². The minimum atomic E-state index is -0.204. The van der Waals surface area contributed by atoms with Gasteiger partial charge >= 0.3 is 11.9 Å².